The molecule has 0 bridgehead atoms. The summed E-state index contributed by atoms with van der Waals surface area (Å²) in [4.78, 5) is 12.0. The molecule has 1 aliphatic carbocycles. The molecule has 2 N–H and O–H groups in total. The molecule has 0 unspecified atom stereocenters. The monoisotopic (exact) mass is 374 g/mol. The molecule has 1 saturated carbocycles. The third kappa shape index (κ3) is 2.73. The lowest BCUT2D eigenvalue weighted by Gasteiger charge is -2.10. The first-order valence-corrected chi connectivity index (χ1v) is 10.1. The molecule has 26 heavy (non-hydrogen) atoms. The highest BCUT2D eigenvalue weighted by atomic mass is 32.2. The highest BCUT2D eigenvalue weighted by Gasteiger charge is 2.75. The smallest absolute Gasteiger partial charge is 0.314 e. The Labute approximate surface area is 153 Å². The van der Waals surface area contributed by atoms with Crippen molar-refractivity contribution >= 4 is 15.8 Å². The summed E-state index contributed by atoms with van der Waals surface area (Å²) < 4.78 is 26.2. The summed E-state index contributed by atoms with van der Waals surface area (Å²) in [7, 11) is -3.90. The number of hydrogen-bond donors (Lipinski definition) is 2. The number of carbonyl (C=O) groups is 1. The van der Waals surface area contributed by atoms with Crippen molar-refractivity contribution in [2.24, 2.45) is 5.41 Å². The van der Waals surface area contributed by atoms with Crippen LogP contribution >= 0.6 is 0 Å². The summed E-state index contributed by atoms with van der Waals surface area (Å²) in [5, 5.41) is 18.4. The molecular formula is C20H22O5S. The molecule has 138 valence electrons. The van der Waals surface area contributed by atoms with E-state index in [1.807, 2.05) is 26.0 Å². The lowest BCUT2D eigenvalue weighted by Crippen LogP contribution is -2.27. The van der Waals surface area contributed by atoms with Crippen molar-refractivity contribution in [3.63, 3.8) is 0 Å². The summed E-state index contributed by atoms with van der Waals surface area (Å²) in [6.07, 6.45) is 0.833. The van der Waals surface area contributed by atoms with Gasteiger partial charge in [-0.05, 0) is 36.6 Å². The van der Waals surface area contributed by atoms with Crippen LogP contribution in [0.2, 0.25) is 0 Å². The van der Waals surface area contributed by atoms with E-state index < -0.39 is 39.0 Å². The minimum atomic E-state index is -3.90. The van der Waals surface area contributed by atoms with Crippen LogP contribution < -0.4 is 0 Å². The van der Waals surface area contributed by atoms with Gasteiger partial charge in [-0.15, -0.1) is 0 Å². The van der Waals surface area contributed by atoms with Crippen LogP contribution in [0.15, 0.2) is 53.4 Å². The number of aliphatic carboxylic acids is 1. The Morgan fingerprint density at radius 2 is 1.65 bits per heavy atom. The lowest BCUT2D eigenvalue weighted by atomic mass is 9.99. The SMILES string of the molecule is CCc1ccc([C@H]2[C@H](S(=O)(=O)c3ccc(C)cc3)[C@@]2(CO)C(=O)O)cc1. The van der Waals surface area contributed by atoms with Gasteiger partial charge in [0.2, 0.25) is 0 Å². The van der Waals surface area contributed by atoms with Gasteiger partial charge in [0, 0.05) is 5.92 Å². The van der Waals surface area contributed by atoms with Gasteiger partial charge in [0.25, 0.3) is 0 Å². The Morgan fingerprint density at radius 3 is 2.12 bits per heavy atom. The highest BCUT2D eigenvalue weighted by molar-refractivity contribution is 7.92. The maximum atomic E-state index is 13.1. The average Bonchev–Trinajstić information content (AvgIpc) is 3.34. The number of aliphatic hydroxyl groups is 1. The van der Waals surface area contributed by atoms with Gasteiger partial charge in [0.05, 0.1) is 16.8 Å². The first-order valence-electron chi connectivity index (χ1n) is 8.52. The van der Waals surface area contributed by atoms with Gasteiger partial charge >= 0.3 is 5.97 Å². The summed E-state index contributed by atoms with van der Waals surface area (Å²) in [6, 6.07) is 13.6. The van der Waals surface area contributed by atoms with E-state index in [9.17, 15) is 23.4 Å². The first kappa shape index (κ1) is 18.6. The zero-order chi connectivity index (χ0) is 19.1. The number of carboxylic acid groups (broad SMARTS) is 1. The fourth-order valence-corrected chi connectivity index (χ4v) is 6.04. The van der Waals surface area contributed by atoms with Crippen molar-refractivity contribution in [3.8, 4) is 0 Å². The second kappa shape index (κ2) is 6.52. The lowest BCUT2D eigenvalue weighted by molar-refractivity contribution is -0.145. The molecule has 3 rings (SSSR count). The number of carboxylic acids is 1. The second-order valence-corrected chi connectivity index (χ2v) is 8.92. The largest absolute Gasteiger partial charge is 0.481 e. The Kier molecular flexibility index (Phi) is 4.67. The number of aliphatic hydroxyl groups excluding tert-OH is 1. The van der Waals surface area contributed by atoms with Crippen molar-refractivity contribution in [1.29, 1.82) is 0 Å². The maximum Gasteiger partial charge on any atom is 0.314 e. The van der Waals surface area contributed by atoms with E-state index in [4.69, 9.17) is 0 Å². The van der Waals surface area contributed by atoms with Gasteiger partial charge in [0.15, 0.2) is 9.84 Å². The van der Waals surface area contributed by atoms with Crippen LogP contribution in [0.5, 0.6) is 0 Å². The molecule has 1 fully saturated rings. The molecule has 0 aromatic heterocycles. The molecule has 5 nitrogen and oxygen atoms in total. The molecule has 2 aromatic rings. The molecule has 0 heterocycles. The van der Waals surface area contributed by atoms with E-state index in [1.54, 1.807) is 24.3 Å². The number of aryl methyl sites for hydroxylation is 2. The minimum Gasteiger partial charge on any atom is -0.481 e. The number of hydrogen-bond acceptors (Lipinski definition) is 4. The minimum absolute atomic E-state index is 0.0832. The molecule has 2 aromatic carbocycles. The van der Waals surface area contributed by atoms with E-state index in [-0.39, 0.29) is 4.90 Å². The standard InChI is InChI=1S/C20H22O5S/c1-3-14-6-8-15(9-7-14)17-18(20(17,12-21)19(22)23)26(24,25)16-10-4-13(2)5-11-16/h4-11,17-18,21H,3,12H2,1-2H3,(H,22,23)/t17-,18-,20-/m0/s1. The molecule has 6 heteroatoms. The molecule has 0 amide bonds. The molecule has 1 aliphatic rings. The Morgan fingerprint density at radius 1 is 1.08 bits per heavy atom. The van der Waals surface area contributed by atoms with Gasteiger partial charge in [-0.25, -0.2) is 8.42 Å². The molecule has 0 saturated heterocycles. The van der Waals surface area contributed by atoms with Crippen molar-refractivity contribution in [1.82, 2.24) is 0 Å². The van der Waals surface area contributed by atoms with Crippen LogP contribution in [0, 0.1) is 12.3 Å². The topological polar surface area (TPSA) is 91.7 Å². The first-order chi connectivity index (χ1) is 12.3. The molecule has 0 spiro atoms. The Bertz CT molecular complexity index is 916. The fraction of sp³-hybridized carbons (Fsp3) is 0.350. The number of sulfone groups is 1. The van der Waals surface area contributed by atoms with Gasteiger partial charge < -0.3 is 10.2 Å². The van der Waals surface area contributed by atoms with Crippen molar-refractivity contribution in [2.75, 3.05) is 6.61 Å². The molecule has 0 aliphatic heterocycles. The van der Waals surface area contributed by atoms with Gasteiger partial charge in [-0.2, -0.15) is 0 Å². The van der Waals surface area contributed by atoms with E-state index >= 15 is 0 Å². The molecule has 3 atom stereocenters. The van der Waals surface area contributed by atoms with Crippen LogP contribution in [0.25, 0.3) is 0 Å². The summed E-state index contributed by atoms with van der Waals surface area (Å²) >= 11 is 0. The van der Waals surface area contributed by atoms with Gasteiger partial charge in [0.1, 0.15) is 5.41 Å². The summed E-state index contributed by atoms with van der Waals surface area (Å²) in [5.74, 6) is -2.06. The van der Waals surface area contributed by atoms with E-state index in [1.165, 1.54) is 12.1 Å². The quantitative estimate of drug-likeness (QED) is 0.811. The van der Waals surface area contributed by atoms with Crippen LogP contribution in [0.1, 0.15) is 29.5 Å². The predicted molar refractivity (Wildman–Crippen MR) is 97.9 cm³/mol. The van der Waals surface area contributed by atoms with Crippen molar-refractivity contribution < 1.29 is 23.4 Å². The third-order valence-corrected chi connectivity index (χ3v) is 7.64. The zero-order valence-corrected chi connectivity index (χ0v) is 15.5. The van der Waals surface area contributed by atoms with Crippen LogP contribution in [-0.4, -0.2) is 36.5 Å². The van der Waals surface area contributed by atoms with Crippen LogP contribution in [0.3, 0.4) is 0 Å². The molecular weight excluding hydrogens is 352 g/mol. The normalized spacial score (nSPS) is 25.0. The Hall–Kier alpha value is -2.18. The maximum absolute atomic E-state index is 13.1. The average molecular weight is 374 g/mol. The van der Waals surface area contributed by atoms with Crippen LogP contribution in [0.4, 0.5) is 0 Å². The van der Waals surface area contributed by atoms with E-state index in [0.717, 1.165) is 17.5 Å². The van der Waals surface area contributed by atoms with E-state index in [0.29, 0.717) is 5.56 Å². The van der Waals surface area contributed by atoms with Crippen molar-refractivity contribution in [2.45, 2.75) is 36.3 Å². The third-order valence-electron chi connectivity index (χ3n) is 5.35. The Balaban J connectivity index is 2.08. The number of rotatable bonds is 6. The summed E-state index contributed by atoms with van der Waals surface area (Å²) in [6.45, 7) is 3.13. The zero-order valence-electron chi connectivity index (χ0n) is 14.7. The van der Waals surface area contributed by atoms with E-state index in [2.05, 4.69) is 0 Å². The van der Waals surface area contributed by atoms with Gasteiger partial charge in [-0.3, -0.25) is 4.79 Å². The second-order valence-electron chi connectivity index (χ2n) is 6.86. The fourth-order valence-electron chi connectivity index (χ4n) is 3.68. The molecule has 0 radical (unpaired) electrons. The van der Waals surface area contributed by atoms with Crippen LogP contribution in [-0.2, 0) is 21.1 Å². The summed E-state index contributed by atoms with van der Waals surface area (Å²) in [5.41, 5.74) is 0.909. The van der Waals surface area contributed by atoms with Gasteiger partial charge in [-0.1, -0.05) is 48.9 Å². The number of benzene rings is 2. The highest BCUT2D eigenvalue weighted by Crippen LogP contribution is 2.64. The van der Waals surface area contributed by atoms with Crippen molar-refractivity contribution in [3.05, 3.63) is 65.2 Å². The predicted octanol–water partition coefficient (Wildman–Crippen LogP) is 2.56.